The van der Waals surface area contributed by atoms with Crippen molar-refractivity contribution in [2.24, 2.45) is 0 Å². The molecule has 0 saturated carbocycles. The molecule has 3 aliphatic heterocycles. The number of ether oxygens (including phenoxy) is 4. The molecule has 4 atom stereocenters. The first-order valence-electron chi connectivity index (χ1n) is 11.6. The summed E-state index contributed by atoms with van der Waals surface area (Å²) >= 11 is 0. The van der Waals surface area contributed by atoms with E-state index in [1.807, 2.05) is 19.1 Å². The number of fused-ring (bicyclic) bond motifs is 4. The lowest BCUT2D eigenvalue weighted by Crippen LogP contribution is -2.47. The number of carbonyl (C=O) groups excluding carboxylic acids is 2. The summed E-state index contributed by atoms with van der Waals surface area (Å²) in [6, 6.07) is 10.6. The van der Waals surface area contributed by atoms with Crippen LogP contribution in [-0.4, -0.2) is 55.2 Å². The minimum atomic E-state index is -0.526. The minimum absolute atomic E-state index is 0.0488. The van der Waals surface area contributed by atoms with Crippen LogP contribution in [0.4, 0.5) is 5.69 Å². The summed E-state index contributed by atoms with van der Waals surface area (Å²) in [6.45, 7) is 2.57. The zero-order valence-corrected chi connectivity index (χ0v) is 18.9. The van der Waals surface area contributed by atoms with Gasteiger partial charge in [0.1, 0.15) is 18.0 Å². The standard InChI is InChI=1S/C25H28N2O7/c1-2-7-26-23(29)11-16-10-18-17-9-15(4-6-19(17)34-24(18)22(12-28)33-16)27-25(30)14-3-5-20-21(8-14)32-13-31-20/h3-6,8-9,16,18,22,24,28H,2,7,10-13H2,1H3,(H,26,29)(H,27,30)/t16-,18-,22-,24+/m0/s1. The van der Waals surface area contributed by atoms with Crippen molar-refractivity contribution in [3.05, 3.63) is 47.5 Å². The first-order chi connectivity index (χ1) is 16.6. The average Bonchev–Trinajstić information content (AvgIpc) is 3.46. The van der Waals surface area contributed by atoms with Crippen LogP contribution in [0.25, 0.3) is 0 Å². The van der Waals surface area contributed by atoms with Crippen molar-refractivity contribution in [2.45, 2.75) is 50.4 Å². The van der Waals surface area contributed by atoms with Gasteiger partial charge in [-0.05, 0) is 49.2 Å². The normalized spacial score (nSPS) is 24.1. The van der Waals surface area contributed by atoms with Crippen molar-refractivity contribution in [3.8, 4) is 17.2 Å². The second kappa shape index (κ2) is 9.52. The van der Waals surface area contributed by atoms with Crippen LogP contribution in [0, 0.1) is 0 Å². The molecule has 1 saturated heterocycles. The van der Waals surface area contributed by atoms with Gasteiger partial charge in [-0.1, -0.05) is 6.92 Å². The third-order valence-corrected chi connectivity index (χ3v) is 6.38. The van der Waals surface area contributed by atoms with Crippen LogP contribution >= 0.6 is 0 Å². The van der Waals surface area contributed by atoms with Gasteiger partial charge in [0.05, 0.1) is 19.1 Å². The molecule has 0 radical (unpaired) electrons. The minimum Gasteiger partial charge on any atom is -0.487 e. The van der Waals surface area contributed by atoms with Crippen LogP contribution in [0.2, 0.25) is 0 Å². The van der Waals surface area contributed by atoms with Crippen LogP contribution < -0.4 is 24.8 Å². The molecule has 0 unspecified atom stereocenters. The van der Waals surface area contributed by atoms with E-state index in [1.54, 1.807) is 24.3 Å². The number of hydrogen-bond donors (Lipinski definition) is 3. The fourth-order valence-corrected chi connectivity index (χ4v) is 4.75. The van der Waals surface area contributed by atoms with Gasteiger partial charge in [0, 0.05) is 29.3 Å². The molecule has 0 aliphatic carbocycles. The lowest BCUT2D eigenvalue weighted by atomic mass is 9.84. The van der Waals surface area contributed by atoms with Crippen LogP contribution in [0.5, 0.6) is 17.2 Å². The first kappa shape index (κ1) is 22.5. The molecular formula is C25H28N2O7. The van der Waals surface area contributed by atoms with Crippen LogP contribution in [0.1, 0.15) is 48.0 Å². The Balaban J connectivity index is 1.31. The summed E-state index contributed by atoms with van der Waals surface area (Å²) in [4.78, 5) is 25.1. The maximum atomic E-state index is 12.8. The SMILES string of the molecule is CCCNC(=O)C[C@@H]1C[C@H]2c3cc(NC(=O)c4ccc5c(c4)OCO5)ccc3O[C@H]2[C@H](CO)O1. The van der Waals surface area contributed by atoms with Gasteiger partial charge in [-0.15, -0.1) is 0 Å². The third-order valence-electron chi connectivity index (χ3n) is 6.38. The van der Waals surface area contributed by atoms with E-state index in [0.29, 0.717) is 41.5 Å². The Hall–Kier alpha value is -3.30. The monoisotopic (exact) mass is 468 g/mol. The Morgan fingerprint density at radius 3 is 2.74 bits per heavy atom. The number of anilines is 1. The summed E-state index contributed by atoms with van der Waals surface area (Å²) in [6.07, 6.45) is 0.500. The highest BCUT2D eigenvalue weighted by atomic mass is 16.7. The summed E-state index contributed by atoms with van der Waals surface area (Å²) in [5.74, 6) is 1.49. The van der Waals surface area contributed by atoms with Gasteiger partial charge >= 0.3 is 0 Å². The molecule has 2 amide bonds. The van der Waals surface area contributed by atoms with E-state index in [-0.39, 0.29) is 49.8 Å². The number of aliphatic hydroxyl groups is 1. The lowest BCUT2D eigenvalue weighted by molar-refractivity contribution is -0.142. The third kappa shape index (κ3) is 4.41. The van der Waals surface area contributed by atoms with Crippen molar-refractivity contribution >= 4 is 17.5 Å². The molecule has 0 spiro atoms. The second-order valence-corrected chi connectivity index (χ2v) is 8.73. The van der Waals surface area contributed by atoms with Gasteiger partial charge in [-0.25, -0.2) is 0 Å². The molecule has 2 aromatic carbocycles. The zero-order valence-electron chi connectivity index (χ0n) is 18.9. The summed E-state index contributed by atoms with van der Waals surface area (Å²) < 4.78 is 22.8. The highest BCUT2D eigenvalue weighted by Crippen LogP contribution is 2.47. The highest BCUT2D eigenvalue weighted by molar-refractivity contribution is 6.04. The van der Waals surface area contributed by atoms with Crippen LogP contribution in [-0.2, 0) is 9.53 Å². The average molecular weight is 469 g/mol. The first-order valence-corrected chi connectivity index (χ1v) is 11.6. The summed E-state index contributed by atoms with van der Waals surface area (Å²) in [5, 5.41) is 15.7. The van der Waals surface area contributed by atoms with Gasteiger partial charge in [0.15, 0.2) is 11.5 Å². The molecule has 180 valence electrons. The molecule has 0 bridgehead atoms. The maximum Gasteiger partial charge on any atom is 0.255 e. The van der Waals surface area contributed by atoms with Gasteiger partial charge in [0.25, 0.3) is 5.91 Å². The molecule has 9 heteroatoms. The summed E-state index contributed by atoms with van der Waals surface area (Å²) in [7, 11) is 0. The Morgan fingerprint density at radius 2 is 1.91 bits per heavy atom. The number of rotatable bonds is 7. The maximum absolute atomic E-state index is 12.8. The Kier molecular flexibility index (Phi) is 6.30. The molecule has 5 rings (SSSR count). The number of amides is 2. The molecule has 2 aromatic rings. The molecule has 3 heterocycles. The smallest absolute Gasteiger partial charge is 0.255 e. The highest BCUT2D eigenvalue weighted by Gasteiger charge is 2.46. The van der Waals surface area contributed by atoms with E-state index in [9.17, 15) is 14.7 Å². The summed E-state index contributed by atoms with van der Waals surface area (Å²) in [5.41, 5.74) is 2.03. The van der Waals surface area contributed by atoms with Crippen LogP contribution in [0.3, 0.4) is 0 Å². The largest absolute Gasteiger partial charge is 0.487 e. The number of carbonyl (C=O) groups is 2. The van der Waals surface area contributed by atoms with Crippen molar-refractivity contribution < 1.29 is 33.6 Å². The molecule has 3 N–H and O–H groups in total. The molecule has 1 fully saturated rings. The quantitative estimate of drug-likeness (QED) is 0.572. The topological polar surface area (TPSA) is 115 Å². The van der Waals surface area contributed by atoms with Gasteiger partial charge in [-0.2, -0.15) is 0 Å². The zero-order chi connectivity index (χ0) is 23.7. The molecule has 34 heavy (non-hydrogen) atoms. The Morgan fingerprint density at radius 1 is 1.09 bits per heavy atom. The van der Waals surface area contributed by atoms with E-state index < -0.39 is 6.10 Å². The van der Waals surface area contributed by atoms with E-state index in [0.717, 1.165) is 12.0 Å². The predicted octanol–water partition coefficient (Wildman–Crippen LogP) is 2.58. The number of benzene rings is 2. The van der Waals surface area contributed by atoms with Crippen molar-refractivity contribution in [2.75, 3.05) is 25.3 Å². The molecule has 9 nitrogen and oxygen atoms in total. The molecule has 3 aliphatic rings. The Bertz CT molecular complexity index is 1090. The van der Waals surface area contributed by atoms with Crippen LogP contribution in [0.15, 0.2) is 36.4 Å². The Labute approximate surface area is 197 Å². The van der Waals surface area contributed by atoms with E-state index in [4.69, 9.17) is 18.9 Å². The van der Waals surface area contributed by atoms with E-state index in [2.05, 4.69) is 10.6 Å². The fraction of sp³-hybridized carbons (Fsp3) is 0.440. The number of hydrogen-bond acceptors (Lipinski definition) is 7. The molecule has 0 aromatic heterocycles. The van der Waals surface area contributed by atoms with Crippen molar-refractivity contribution in [3.63, 3.8) is 0 Å². The van der Waals surface area contributed by atoms with Crippen molar-refractivity contribution in [1.29, 1.82) is 0 Å². The van der Waals surface area contributed by atoms with E-state index in [1.165, 1.54) is 0 Å². The lowest BCUT2D eigenvalue weighted by Gasteiger charge is -2.37. The second-order valence-electron chi connectivity index (χ2n) is 8.73. The van der Waals surface area contributed by atoms with Gasteiger partial charge in [0.2, 0.25) is 12.7 Å². The number of aliphatic hydroxyl groups excluding tert-OH is 1. The van der Waals surface area contributed by atoms with E-state index >= 15 is 0 Å². The molecular weight excluding hydrogens is 440 g/mol. The van der Waals surface area contributed by atoms with Gasteiger partial charge < -0.3 is 34.7 Å². The van der Waals surface area contributed by atoms with Gasteiger partial charge in [-0.3, -0.25) is 9.59 Å². The fourth-order valence-electron chi connectivity index (χ4n) is 4.75. The number of nitrogens with one attached hydrogen (secondary N) is 2. The van der Waals surface area contributed by atoms with Crippen molar-refractivity contribution in [1.82, 2.24) is 5.32 Å². The predicted molar refractivity (Wildman–Crippen MR) is 122 cm³/mol.